The summed E-state index contributed by atoms with van der Waals surface area (Å²) in [6.07, 6.45) is 5.71. The molecule has 9 rings (SSSR count). The summed E-state index contributed by atoms with van der Waals surface area (Å²) >= 11 is 0. The van der Waals surface area contributed by atoms with E-state index in [0.717, 1.165) is 62.5 Å². The molecule has 1 N–H and O–H groups in total. The molecule has 1 saturated carbocycles. The van der Waals surface area contributed by atoms with Gasteiger partial charge in [0.25, 0.3) is 0 Å². The Labute approximate surface area is 277 Å². The zero-order chi connectivity index (χ0) is 32.7. The Hall–Kier alpha value is -3.96. The number of aryl methyl sites for hydroxylation is 1. The first-order chi connectivity index (χ1) is 23.3. The van der Waals surface area contributed by atoms with Crippen molar-refractivity contribution in [3.63, 3.8) is 0 Å². The molecule has 1 aliphatic carbocycles. The number of piperazine rings is 1. The van der Waals surface area contributed by atoms with E-state index in [1.807, 2.05) is 26.0 Å². The van der Waals surface area contributed by atoms with Crippen LogP contribution in [0.5, 0.6) is 11.9 Å². The van der Waals surface area contributed by atoms with Crippen molar-refractivity contribution < 1.29 is 22.6 Å². The Morgan fingerprint density at radius 1 is 1.10 bits per heavy atom. The van der Waals surface area contributed by atoms with E-state index in [0.29, 0.717) is 59.9 Å². The molecule has 4 aliphatic heterocycles. The molecule has 5 aliphatic rings. The van der Waals surface area contributed by atoms with Crippen LogP contribution in [-0.2, 0) is 6.42 Å². The zero-order valence-corrected chi connectivity index (χ0v) is 27.2. The molecule has 0 spiro atoms. The third-order valence-corrected chi connectivity index (χ3v) is 11.3. The van der Waals surface area contributed by atoms with Gasteiger partial charge in [-0.15, -0.1) is 0 Å². The minimum atomic E-state index is -0.613. The van der Waals surface area contributed by atoms with E-state index in [1.165, 1.54) is 6.07 Å². The summed E-state index contributed by atoms with van der Waals surface area (Å²) in [4.78, 5) is 19.1. The molecule has 2 aromatic carbocycles. The van der Waals surface area contributed by atoms with Crippen molar-refractivity contribution in [2.75, 3.05) is 37.7 Å². The van der Waals surface area contributed by atoms with E-state index in [4.69, 9.17) is 24.4 Å². The lowest BCUT2D eigenvalue weighted by Crippen LogP contribution is -2.62. The van der Waals surface area contributed by atoms with Gasteiger partial charge in [0.15, 0.2) is 5.82 Å². The number of nitrogens with zero attached hydrogens (tertiary/aromatic N) is 5. The normalized spacial score (nSPS) is 26.6. The van der Waals surface area contributed by atoms with Crippen LogP contribution in [0, 0.1) is 17.0 Å². The summed E-state index contributed by atoms with van der Waals surface area (Å²) in [6.45, 7) is 7.31. The predicted octanol–water partition coefficient (Wildman–Crippen LogP) is 6.49. The predicted molar refractivity (Wildman–Crippen MR) is 178 cm³/mol. The van der Waals surface area contributed by atoms with Gasteiger partial charge >= 0.3 is 6.01 Å². The van der Waals surface area contributed by atoms with E-state index in [2.05, 4.69) is 15.1 Å². The largest absolute Gasteiger partial charge is 0.472 e. The maximum Gasteiger partial charge on any atom is 0.319 e. The second-order valence-electron chi connectivity index (χ2n) is 14.4. The third kappa shape index (κ3) is 4.83. The smallest absolute Gasteiger partial charge is 0.319 e. The van der Waals surface area contributed by atoms with Gasteiger partial charge in [-0.1, -0.05) is 31.2 Å². The molecule has 4 aromatic rings. The number of fused-ring (bicyclic) bond motifs is 6. The summed E-state index contributed by atoms with van der Waals surface area (Å²) in [5, 5.41) is 5.62. The van der Waals surface area contributed by atoms with Crippen LogP contribution < -0.4 is 19.7 Å². The summed E-state index contributed by atoms with van der Waals surface area (Å²) in [5.74, 6) is -0.0912. The fourth-order valence-electron chi connectivity index (χ4n) is 8.69. The van der Waals surface area contributed by atoms with Gasteiger partial charge in [-0.25, -0.2) is 18.2 Å². The number of ether oxygens (including phenoxy) is 2. The molecule has 48 heavy (non-hydrogen) atoms. The van der Waals surface area contributed by atoms with E-state index in [-0.39, 0.29) is 52.5 Å². The number of hydrogen-bond acceptors (Lipinski definition) is 8. The highest BCUT2D eigenvalue weighted by Crippen LogP contribution is 2.48. The lowest BCUT2D eigenvalue weighted by atomic mass is 9.95. The first kappa shape index (κ1) is 30.1. The summed E-state index contributed by atoms with van der Waals surface area (Å²) in [5.41, 5.74) is 1.91. The molecule has 6 heterocycles. The Balaban J connectivity index is 1.18. The number of anilines is 1. The number of aromatic nitrogens is 3. The van der Waals surface area contributed by atoms with Crippen LogP contribution in [0.4, 0.5) is 19.0 Å². The van der Waals surface area contributed by atoms with Crippen molar-refractivity contribution in [1.29, 1.82) is 0 Å². The van der Waals surface area contributed by atoms with Gasteiger partial charge in [0.2, 0.25) is 5.88 Å². The molecule has 3 saturated heterocycles. The Kier molecular flexibility index (Phi) is 7.09. The zero-order valence-electron chi connectivity index (χ0n) is 27.2. The Bertz CT molecular complexity index is 1980. The second-order valence-corrected chi connectivity index (χ2v) is 14.4. The molecule has 250 valence electrons. The molecule has 0 radical (unpaired) electrons. The number of likely N-dealkylation sites (tertiary alicyclic amines) is 1. The highest BCUT2D eigenvalue weighted by Gasteiger charge is 2.48. The standard InChI is InChI=1S/C37H39F3N6O2/c1-3-24-26(39)9-7-22-5-4-6-25(28(22)24)31-30(40)32-29-34(46-17-23-8-10-27(41-23)33(46)20(2)48-35(29)42-31)44-36(43-32)47-19-37(12-13-37)18-45-14-11-21(15-38)16-45/h4-7,9,15,20,23,27,33,41H,3,8,10-14,16-19H2,1-2H3/b21-15+/t20-,23+,27-,33+/m0/s1. The summed E-state index contributed by atoms with van der Waals surface area (Å²) in [6, 6.07) is 9.27. The Morgan fingerprint density at radius 2 is 1.98 bits per heavy atom. The van der Waals surface area contributed by atoms with Crippen LogP contribution in [0.2, 0.25) is 0 Å². The molecule has 0 amide bonds. The summed E-state index contributed by atoms with van der Waals surface area (Å²) in [7, 11) is 0. The van der Waals surface area contributed by atoms with E-state index < -0.39 is 5.82 Å². The number of pyridine rings is 1. The minimum absolute atomic E-state index is 0.0450. The van der Waals surface area contributed by atoms with Gasteiger partial charge < -0.3 is 19.7 Å². The van der Waals surface area contributed by atoms with Gasteiger partial charge in [0.05, 0.1) is 19.0 Å². The topological polar surface area (TPSA) is 75.6 Å². The van der Waals surface area contributed by atoms with Crippen LogP contribution in [0.3, 0.4) is 0 Å². The van der Waals surface area contributed by atoms with Crippen LogP contribution in [0.1, 0.15) is 51.5 Å². The van der Waals surface area contributed by atoms with Crippen LogP contribution >= 0.6 is 0 Å². The van der Waals surface area contributed by atoms with Crippen molar-refractivity contribution in [3.05, 3.63) is 59.4 Å². The number of benzene rings is 2. The first-order valence-corrected chi connectivity index (χ1v) is 17.3. The first-order valence-electron chi connectivity index (χ1n) is 17.3. The van der Waals surface area contributed by atoms with E-state index >= 15 is 8.78 Å². The van der Waals surface area contributed by atoms with Gasteiger partial charge in [0, 0.05) is 49.2 Å². The number of halogens is 3. The minimum Gasteiger partial charge on any atom is -0.472 e. The number of nitrogens with one attached hydrogen (secondary N) is 1. The molecule has 4 fully saturated rings. The molecule has 4 atom stereocenters. The average Bonchev–Trinajstić information content (AvgIpc) is 3.57. The lowest BCUT2D eigenvalue weighted by Gasteiger charge is -2.42. The van der Waals surface area contributed by atoms with E-state index in [1.54, 1.807) is 12.1 Å². The molecule has 8 nitrogen and oxygen atoms in total. The molecule has 11 heteroatoms. The van der Waals surface area contributed by atoms with Gasteiger partial charge in [-0.2, -0.15) is 9.97 Å². The average molecular weight is 657 g/mol. The molecular weight excluding hydrogens is 617 g/mol. The van der Waals surface area contributed by atoms with Crippen molar-refractivity contribution in [3.8, 4) is 23.1 Å². The van der Waals surface area contributed by atoms with Gasteiger partial charge in [-0.05, 0) is 73.4 Å². The van der Waals surface area contributed by atoms with Gasteiger partial charge in [0.1, 0.15) is 34.3 Å². The monoisotopic (exact) mass is 656 g/mol. The fraction of sp³-hybridized carbons (Fsp3) is 0.486. The van der Waals surface area contributed by atoms with Gasteiger partial charge in [-0.3, -0.25) is 4.90 Å². The Morgan fingerprint density at radius 3 is 2.77 bits per heavy atom. The third-order valence-electron chi connectivity index (χ3n) is 11.3. The summed E-state index contributed by atoms with van der Waals surface area (Å²) < 4.78 is 58.4. The molecule has 0 unspecified atom stereocenters. The molecule has 2 bridgehead atoms. The van der Waals surface area contributed by atoms with Crippen molar-refractivity contribution in [2.45, 2.75) is 76.6 Å². The highest BCUT2D eigenvalue weighted by atomic mass is 19.1. The van der Waals surface area contributed by atoms with Crippen LogP contribution in [0.25, 0.3) is 32.9 Å². The van der Waals surface area contributed by atoms with Crippen molar-refractivity contribution >= 4 is 27.5 Å². The lowest BCUT2D eigenvalue weighted by molar-refractivity contribution is 0.154. The number of hydrogen-bond donors (Lipinski definition) is 1. The maximum absolute atomic E-state index is 17.1. The SMILES string of the molecule is CCc1c(F)ccc2cccc(-c3nc4c5c(nc(OCC6(CN7CC/C(=C\F)C7)CC6)nc5c3F)N3C[C@H]5CC[C@H](N5)[C@H]3[C@H](C)O4)c12. The molecular formula is C37H39F3N6O2. The van der Waals surface area contributed by atoms with Crippen LogP contribution in [-0.4, -0.2) is 76.9 Å². The number of rotatable bonds is 7. The van der Waals surface area contributed by atoms with E-state index in [9.17, 15) is 4.39 Å². The fourth-order valence-corrected chi connectivity index (χ4v) is 8.69. The quantitative estimate of drug-likeness (QED) is 0.242. The van der Waals surface area contributed by atoms with Crippen molar-refractivity contribution in [2.24, 2.45) is 5.41 Å². The maximum atomic E-state index is 17.1. The van der Waals surface area contributed by atoms with Crippen LogP contribution in [0.15, 0.2) is 42.2 Å². The second kappa shape index (κ2) is 11.3. The highest BCUT2D eigenvalue weighted by molar-refractivity contribution is 6.02. The molecule has 2 aromatic heterocycles. The van der Waals surface area contributed by atoms with Crippen molar-refractivity contribution in [1.82, 2.24) is 25.2 Å².